The summed E-state index contributed by atoms with van der Waals surface area (Å²) in [6.07, 6.45) is 3.40. The van der Waals surface area contributed by atoms with Crippen LogP contribution < -0.4 is 4.74 Å². The molecule has 0 amide bonds. The standard InChI is InChI=1S/C24H28N2O/c1-19(2)18-26-16-8-15-25-14-7-13-23(25)24(26)20-9-6-12-22(17-20)27-21-10-4-3-5-11-21/h3-7,9-14,17,19,24H,8,15-16,18H2,1-2H3/t24-/m0/s1. The van der Waals surface area contributed by atoms with Crippen molar-refractivity contribution in [1.82, 2.24) is 9.47 Å². The zero-order chi connectivity index (χ0) is 18.6. The highest BCUT2D eigenvalue weighted by atomic mass is 16.5. The number of benzene rings is 2. The zero-order valence-electron chi connectivity index (χ0n) is 16.2. The van der Waals surface area contributed by atoms with E-state index in [0.717, 1.165) is 31.1 Å². The third kappa shape index (κ3) is 4.09. The van der Waals surface area contributed by atoms with Gasteiger partial charge in [-0.3, -0.25) is 4.90 Å². The van der Waals surface area contributed by atoms with Gasteiger partial charge in [0.2, 0.25) is 0 Å². The first kappa shape index (κ1) is 17.9. The first-order valence-corrected chi connectivity index (χ1v) is 9.92. The van der Waals surface area contributed by atoms with Crippen LogP contribution >= 0.6 is 0 Å². The fourth-order valence-corrected chi connectivity index (χ4v) is 4.06. The van der Waals surface area contributed by atoms with Crippen molar-refractivity contribution < 1.29 is 4.74 Å². The van der Waals surface area contributed by atoms with Crippen LogP contribution in [0.25, 0.3) is 0 Å². The van der Waals surface area contributed by atoms with E-state index in [1.165, 1.54) is 17.7 Å². The number of ether oxygens (including phenoxy) is 1. The van der Waals surface area contributed by atoms with E-state index in [2.05, 4.69) is 59.8 Å². The highest BCUT2D eigenvalue weighted by Gasteiger charge is 2.27. The molecule has 1 aliphatic rings. The number of hydrogen-bond donors (Lipinski definition) is 0. The van der Waals surface area contributed by atoms with Gasteiger partial charge in [-0.15, -0.1) is 0 Å². The summed E-state index contributed by atoms with van der Waals surface area (Å²) in [4.78, 5) is 2.63. The Labute approximate surface area is 162 Å². The van der Waals surface area contributed by atoms with Gasteiger partial charge < -0.3 is 9.30 Å². The Hall–Kier alpha value is -2.52. The van der Waals surface area contributed by atoms with E-state index in [9.17, 15) is 0 Å². The number of para-hydroxylation sites is 1. The maximum absolute atomic E-state index is 6.10. The quantitative estimate of drug-likeness (QED) is 0.578. The Bertz CT molecular complexity index is 869. The highest BCUT2D eigenvalue weighted by Crippen LogP contribution is 2.34. The minimum atomic E-state index is 0.268. The molecule has 0 saturated carbocycles. The Kier molecular flexibility index (Phi) is 5.30. The van der Waals surface area contributed by atoms with Crippen molar-refractivity contribution in [2.45, 2.75) is 32.9 Å². The molecule has 0 N–H and O–H groups in total. The summed E-state index contributed by atoms with van der Waals surface area (Å²) in [6, 6.07) is 23.3. The normalized spacial score (nSPS) is 17.5. The van der Waals surface area contributed by atoms with Crippen molar-refractivity contribution in [3.63, 3.8) is 0 Å². The SMILES string of the molecule is CC(C)CN1CCCn2cccc2[C@@H]1c1cccc(Oc2ccccc2)c1. The molecule has 140 valence electrons. The van der Waals surface area contributed by atoms with Gasteiger partial charge in [0.25, 0.3) is 0 Å². The van der Waals surface area contributed by atoms with Gasteiger partial charge in [0.05, 0.1) is 6.04 Å². The molecule has 0 radical (unpaired) electrons. The van der Waals surface area contributed by atoms with Crippen LogP contribution in [0.15, 0.2) is 72.9 Å². The van der Waals surface area contributed by atoms with Crippen LogP contribution in [0.1, 0.15) is 37.6 Å². The van der Waals surface area contributed by atoms with E-state index in [1.807, 2.05) is 36.4 Å². The van der Waals surface area contributed by atoms with Crippen molar-refractivity contribution in [1.29, 1.82) is 0 Å². The molecular formula is C24H28N2O. The van der Waals surface area contributed by atoms with Crippen LogP contribution in [0.5, 0.6) is 11.5 Å². The largest absolute Gasteiger partial charge is 0.457 e. The smallest absolute Gasteiger partial charge is 0.127 e. The average Bonchev–Trinajstić information content (AvgIpc) is 3.04. The number of hydrogen-bond acceptors (Lipinski definition) is 2. The van der Waals surface area contributed by atoms with Gasteiger partial charge in [0.1, 0.15) is 11.5 Å². The third-order valence-corrected chi connectivity index (χ3v) is 5.11. The molecular weight excluding hydrogens is 332 g/mol. The highest BCUT2D eigenvalue weighted by molar-refractivity contribution is 5.38. The summed E-state index contributed by atoms with van der Waals surface area (Å²) in [5.74, 6) is 2.40. The lowest BCUT2D eigenvalue weighted by Gasteiger charge is -2.32. The monoisotopic (exact) mass is 360 g/mol. The van der Waals surface area contributed by atoms with Crippen LogP contribution in [-0.2, 0) is 6.54 Å². The average molecular weight is 361 g/mol. The first-order valence-electron chi connectivity index (χ1n) is 9.92. The summed E-state index contributed by atoms with van der Waals surface area (Å²) in [6.45, 7) is 7.91. The number of rotatable bonds is 5. The minimum Gasteiger partial charge on any atom is -0.457 e. The lowest BCUT2D eigenvalue weighted by molar-refractivity contribution is 0.204. The molecule has 0 fully saturated rings. The van der Waals surface area contributed by atoms with E-state index >= 15 is 0 Å². The second-order valence-corrected chi connectivity index (χ2v) is 7.76. The summed E-state index contributed by atoms with van der Waals surface area (Å²) < 4.78 is 8.51. The molecule has 3 heteroatoms. The molecule has 4 rings (SSSR count). The molecule has 1 atom stereocenters. The van der Waals surface area contributed by atoms with E-state index in [0.29, 0.717) is 5.92 Å². The molecule has 0 spiro atoms. The molecule has 2 heterocycles. The Morgan fingerprint density at radius 1 is 0.926 bits per heavy atom. The van der Waals surface area contributed by atoms with Crippen molar-refractivity contribution in [2.24, 2.45) is 5.92 Å². The predicted molar refractivity (Wildman–Crippen MR) is 110 cm³/mol. The van der Waals surface area contributed by atoms with Crippen LogP contribution in [0.2, 0.25) is 0 Å². The summed E-state index contributed by atoms with van der Waals surface area (Å²) in [5.41, 5.74) is 2.68. The first-order chi connectivity index (χ1) is 13.2. The van der Waals surface area contributed by atoms with Crippen molar-refractivity contribution in [3.8, 4) is 11.5 Å². The van der Waals surface area contributed by atoms with Crippen LogP contribution in [0.4, 0.5) is 0 Å². The number of aromatic nitrogens is 1. The second-order valence-electron chi connectivity index (χ2n) is 7.76. The van der Waals surface area contributed by atoms with Gasteiger partial charge >= 0.3 is 0 Å². The Balaban J connectivity index is 1.69. The fourth-order valence-electron chi connectivity index (χ4n) is 4.06. The molecule has 27 heavy (non-hydrogen) atoms. The van der Waals surface area contributed by atoms with Gasteiger partial charge in [-0.25, -0.2) is 0 Å². The summed E-state index contributed by atoms with van der Waals surface area (Å²) in [7, 11) is 0. The lowest BCUT2D eigenvalue weighted by Crippen LogP contribution is -2.33. The molecule has 0 saturated heterocycles. The van der Waals surface area contributed by atoms with E-state index < -0.39 is 0 Å². The van der Waals surface area contributed by atoms with Crippen LogP contribution in [0.3, 0.4) is 0 Å². The molecule has 0 unspecified atom stereocenters. The molecule has 1 aliphatic heterocycles. The number of fused-ring (bicyclic) bond motifs is 1. The van der Waals surface area contributed by atoms with Gasteiger partial charge in [-0.1, -0.05) is 44.2 Å². The van der Waals surface area contributed by atoms with Gasteiger partial charge in [-0.2, -0.15) is 0 Å². The molecule has 1 aromatic heterocycles. The Morgan fingerprint density at radius 3 is 2.56 bits per heavy atom. The number of nitrogens with zero attached hydrogens (tertiary/aromatic N) is 2. The van der Waals surface area contributed by atoms with Crippen molar-refractivity contribution in [3.05, 3.63) is 84.2 Å². The van der Waals surface area contributed by atoms with Crippen molar-refractivity contribution in [2.75, 3.05) is 13.1 Å². The van der Waals surface area contributed by atoms with Gasteiger partial charge in [-0.05, 0) is 54.3 Å². The second kappa shape index (κ2) is 8.01. The molecule has 3 aromatic rings. The maximum Gasteiger partial charge on any atom is 0.127 e. The lowest BCUT2D eigenvalue weighted by atomic mass is 10.0. The Morgan fingerprint density at radius 2 is 1.74 bits per heavy atom. The summed E-state index contributed by atoms with van der Waals surface area (Å²) in [5, 5.41) is 0. The third-order valence-electron chi connectivity index (χ3n) is 5.11. The van der Waals surface area contributed by atoms with E-state index in [4.69, 9.17) is 4.74 Å². The van der Waals surface area contributed by atoms with Gasteiger partial charge in [0, 0.05) is 31.5 Å². The summed E-state index contributed by atoms with van der Waals surface area (Å²) >= 11 is 0. The van der Waals surface area contributed by atoms with E-state index in [1.54, 1.807) is 0 Å². The fraction of sp³-hybridized carbons (Fsp3) is 0.333. The molecule has 2 aromatic carbocycles. The minimum absolute atomic E-state index is 0.268. The van der Waals surface area contributed by atoms with Crippen LogP contribution in [-0.4, -0.2) is 22.6 Å². The molecule has 0 bridgehead atoms. The predicted octanol–water partition coefficient (Wildman–Crippen LogP) is 5.73. The van der Waals surface area contributed by atoms with Gasteiger partial charge in [0.15, 0.2) is 0 Å². The van der Waals surface area contributed by atoms with Crippen molar-refractivity contribution >= 4 is 0 Å². The van der Waals surface area contributed by atoms with Crippen LogP contribution in [0, 0.1) is 5.92 Å². The number of aryl methyl sites for hydroxylation is 1. The zero-order valence-corrected chi connectivity index (χ0v) is 16.2. The topological polar surface area (TPSA) is 17.4 Å². The maximum atomic E-state index is 6.10. The molecule has 3 nitrogen and oxygen atoms in total. The molecule has 0 aliphatic carbocycles. The van der Waals surface area contributed by atoms with E-state index in [-0.39, 0.29) is 6.04 Å².